The highest BCUT2D eigenvalue weighted by molar-refractivity contribution is 7.89. The average molecular weight is 307 g/mol. The quantitative estimate of drug-likeness (QED) is 0.597. The van der Waals surface area contributed by atoms with Crippen LogP contribution in [0, 0.1) is 10.1 Å². The van der Waals surface area contributed by atoms with E-state index in [0.717, 1.165) is 6.07 Å². The Bertz CT molecular complexity index is 574. The first-order valence-electron chi connectivity index (χ1n) is 5.78. The Hall–Kier alpha value is -1.18. The molecule has 1 aromatic rings. The van der Waals surface area contributed by atoms with Crippen LogP contribution >= 0.6 is 11.6 Å². The van der Waals surface area contributed by atoms with Gasteiger partial charge in [0.05, 0.1) is 9.95 Å². The fourth-order valence-electron chi connectivity index (χ4n) is 1.64. The maximum atomic E-state index is 12.4. The first kappa shape index (κ1) is 15.9. The number of halogens is 1. The third-order valence-corrected chi connectivity index (χ3v) is 5.02. The van der Waals surface area contributed by atoms with E-state index in [1.54, 1.807) is 6.92 Å². The van der Waals surface area contributed by atoms with Gasteiger partial charge in [-0.25, -0.2) is 8.42 Å². The lowest BCUT2D eigenvalue weighted by Crippen LogP contribution is -2.31. The molecule has 0 spiro atoms. The average Bonchev–Trinajstić information content (AvgIpc) is 2.35. The number of nitrogens with zero attached hydrogens (tertiary/aromatic N) is 2. The second-order valence-corrected chi connectivity index (χ2v) is 6.18. The van der Waals surface area contributed by atoms with Crippen molar-refractivity contribution in [2.75, 3.05) is 13.1 Å². The van der Waals surface area contributed by atoms with E-state index in [1.807, 2.05) is 6.92 Å². The van der Waals surface area contributed by atoms with Crippen molar-refractivity contribution in [2.24, 2.45) is 0 Å². The summed E-state index contributed by atoms with van der Waals surface area (Å²) < 4.78 is 26.0. The molecule has 0 fully saturated rings. The molecule has 19 heavy (non-hydrogen) atoms. The fourth-order valence-corrected chi connectivity index (χ4v) is 3.68. The second kappa shape index (κ2) is 6.31. The molecule has 106 valence electrons. The van der Waals surface area contributed by atoms with E-state index in [4.69, 9.17) is 11.6 Å². The summed E-state index contributed by atoms with van der Waals surface area (Å²) in [5, 5.41) is 10.7. The van der Waals surface area contributed by atoms with Crippen molar-refractivity contribution in [3.05, 3.63) is 33.3 Å². The zero-order chi connectivity index (χ0) is 14.6. The Balaban J connectivity index is 3.34. The molecule has 8 heteroatoms. The van der Waals surface area contributed by atoms with Crippen molar-refractivity contribution < 1.29 is 13.3 Å². The molecule has 0 aliphatic heterocycles. The Morgan fingerprint density at radius 1 is 1.37 bits per heavy atom. The number of nitro groups is 1. The Kier molecular flexibility index (Phi) is 5.28. The predicted molar refractivity (Wildman–Crippen MR) is 72.8 cm³/mol. The molecule has 0 bridgehead atoms. The van der Waals surface area contributed by atoms with Gasteiger partial charge in [-0.2, -0.15) is 4.31 Å². The van der Waals surface area contributed by atoms with Gasteiger partial charge in [0.1, 0.15) is 4.90 Å². The van der Waals surface area contributed by atoms with Gasteiger partial charge in [-0.3, -0.25) is 10.1 Å². The molecular formula is C11H15ClN2O4S. The Labute approximate surface area is 117 Å². The van der Waals surface area contributed by atoms with Crippen molar-refractivity contribution in [2.45, 2.75) is 25.2 Å². The number of hydrogen-bond acceptors (Lipinski definition) is 4. The molecule has 0 aliphatic rings. The first-order valence-corrected chi connectivity index (χ1v) is 7.60. The number of non-ortho nitro benzene ring substituents is 1. The van der Waals surface area contributed by atoms with Crippen molar-refractivity contribution in [3.8, 4) is 0 Å². The second-order valence-electron chi connectivity index (χ2n) is 3.87. The third kappa shape index (κ3) is 3.43. The summed E-state index contributed by atoms with van der Waals surface area (Å²) in [7, 11) is -3.80. The van der Waals surface area contributed by atoms with Gasteiger partial charge in [0.15, 0.2) is 0 Å². The van der Waals surface area contributed by atoms with Crippen LogP contribution < -0.4 is 0 Å². The van der Waals surface area contributed by atoms with Gasteiger partial charge in [0.25, 0.3) is 5.69 Å². The van der Waals surface area contributed by atoms with Gasteiger partial charge < -0.3 is 0 Å². The lowest BCUT2D eigenvalue weighted by molar-refractivity contribution is -0.385. The van der Waals surface area contributed by atoms with E-state index < -0.39 is 14.9 Å². The molecule has 0 aliphatic carbocycles. The summed E-state index contributed by atoms with van der Waals surface area (Å²) in [6.07, 6.45) is 0.652. The first-order chi connectivity index (χ1) is 8.84. The molecule has 0 saturated carbocycles. The summed E-state index contributed by atoms with van der Waals surface area (Å²) in [5.74, 6) is 0. The van der Waals surface area contributed by atoms with Crippen LogP contribution in [0.3, 0.4) is 0 Å². The molecule has 0 saturated heterocycles. The SMILES string of the molecule is CCCN(CC)S(=O)(=O)c1cc([N+](=O)[O-])ccc1Cl. The van der Waals surface area contributed by atoms with Gasteiger partial charge in [-0.1, -0.05) is 25.4 Å². The molecule has 0 amide bonds. The van der Waals surface area contributed by atoms with Crippen LogP contribution in [-0.4, -0.2) is 30.7 Å². The lowest BCUT2D eigenvalue weighted by atomic mass is 10.3. The van der Waals surface area contributed by atoms with Crippen molar-refractivity contribution in [3.63, 3.8) is 0 Å². The van der Waals surface area contributed by atoms with Crippen LogP contribution in [0.2, 0.25) is 5.02 Å². The van der Waals surface area contributed by atoms with E-state index in [1.165, 1.54) is 16.4 Å². The molecule has 0 heterocycles. The topological polar surface area (TPSA) is 80.5 Å². The van der Waals surface area contributed by atoms with Gasteiger partial charge in [-0.15, -0.1) is 0 Å². The van der Waals surface area contributed by atoms with Crippen LogP contribution in [0.1, 0.15) is 20.3 Å². The Morgan fingerprint density at radius 3 is 2.47 bits per heavy atom. The predicted octanol–water partition coefficient (Wildman–Crippen LogP) is 2.67. The molecule has 0 aromatic heterocycles. The Morgan fingerprint density at radius 2 is 2.00 bits per heavy atom. The number of sulfonamides is 1. The molecule has 6 nitrogen and oxygen atoms in total. The minimum absolute atomic E-state index is 0.0137. The van der Waals surface area contributed by atoms with Crippen LogP contribution in [0.15, 0.2) is 23.1 Å². The summed E-state index contributed by atoms with van der Waals surface area (Å²) in [5.41, 5.74) is -0.296. The molecule has 1 rings (SSSR count). The fraction of sp³-hybridized carbons (Fsp3) is 0.455. The number of nitro benzene ring substituents is 1. The molecule has 0 N–H and O–H groups in total. The monoisotopic (exact) mass is 306 g/mol. The zero-order valence-corrected chi connectivity index (χ0v) is 12.2. The van der Waals surface area contributed by atoms with Gasteiger partial charge in [0, 0.05) is 25.2 Å². The van der Waals surface area contributed by atoms with E-state index in [-0.39, 0.29) is 22.2 Å². The maximum Gasteiger partial charge on any atom is 0.270 e. The summed E-state index contributed by atoms with van der Waals surface area (Å²) >= 11 is 5.86. The van der Waals surface area contributed by atoms with E-state index in [9.17, 15) is 18.5 Å². The van der Waals surface area contributed by atoms with Crippen molar-refractivity contribution in [1.82, 2.24) is 4.31 Å². The molecule has 0 unspecified atom stereocenters. The number of benzene rings is 1. The highest BCUT2D eigenvalue weighted by Crippen LogP contribution is 2.28. The van der Waals surface area contributed by atoms with Crippen LogP contribution in [0.4, 0.5) is 5.69 Å². The third-order valence-electron chi connectivity index (χ3n) is 2.57. The lowest BCUT2D eigenvalue weighted by Gasteiger charge is -2.20. The van der Waals surface area contributed by atoms with Gasteiger partial charge in [-0.05, 0) is 12.5 Å². The van der Waals surface area contributed by atoms with Gasteiger partial charge in [0.2, 0.25) is 10.0 Å². The molecular weight excluding hydrogens is 292 g/mol. The smallest absolute Gasteiger partial charge is 0.258 e. The van der Waals surface area contributed by atoms with Crippen LogP contribution in [0.25, 0.3) is 0 Å². The summed E-state index contributed by atoms with van der Waals surface area (Å²) in [4.78, 5) is 9.84. The van der Waals surface area contributed by atoms with Crippen LogP contribution in [0.5, 0.6) is 0 Å². The molecule has 0 radical (unpaired) electrons. The number of hydrogen-bond donors (Lipinski definition) is 0. The number of rotatable bonds is 6. The molecule has 1 aromatic carbocycles. The summed E-state index contributed by atoms with van der Waals surface area (Å²) in [6, 6.07) is 3.40. The largest absolute Gasteiger partial charge is 0.270 e. The van der Waals surface area contributed by atoms with Crippen LogP contribution in [-0.2, 0) is 10.0 Å². The van der Waals surface area contributed by atoms with E-state index >= 15 is 0 Å². The highest BCUT2D eigenvalue weighted by Gasteiger charge is 2.26. The maximum absolute atomic E-state index is 12.4. The van der Waals surface area contributed by atoms with E-state index in [0.29, 0.717) is 13.0 Å². The van der Waals surface area contributed by atoms with Crippen molar-refractivity contribution in [1.29, 1.82) is 0 Å². The molecule has 0 atom stereocenters. The normalized spacial score (nSPS) is 11.8. The highest BCUT2D eigenvalue weighted by atomic mass is 35.5. The standard InChI is InChI=1S/C11H15ClN2O4S/c1-3-7-13(4-2)19(17,18)11-8-9(14(15)16)5-6-10(11)12/h5-6,8H,3-4,7H2,1-2H3. The zero-order valence-electron chi connectivity index (χ0n) is 10.7. The van der Waals surface area contributed by atoms with Gasteiger partial charge >= 0.3 is 0 Å². The minimum atomic E-state index is -3.80. The minimum Gasteiger partial charge on any atom is -0.258 e. The van der Waals surface area contributed by atoms with E-state index in [2.05, 4.69) is 0 Å². The summed E-state index contributed by atoms with van der Waals surface area (Å²) in [6.45, 7) is 4.19. The van der Waals surface area contributed by atoms with Crippen molar-refractivity contribution >= 4 is 27.3 Å².